The first-order valence-corrected chi connectivity index (χ1v) is 6.55. The molecule has 0 aromatic carbocycles. The van der Waals surface area contributed by atoms with Gasteiger partial charge in [-0.2, -0.15) is 5.26 Å². The van der Waals surface area contributed by atoms with Crippen molar-refractivity contribution in [3.63, 3.8) is 0 Å². The van der Waals surface area contributed by atoms with Gasteiger partial charge in [-0.15, -0.1) is 11.8 Å². The van der Waals surface area contributed by atoms with E-state index in [9.17, 15) is 0 Å². The summed E-state index contributed by atoms with van der Waals surface area (Å²) in [6.45, 7) is 0.919. The van der Waals surface area contributed by atoms with Gasteiger partial charge in [-0.25, -0.2) is 4.98 Å². The van der Waals surface area contributed by atoms with Gasteiger partial charge in [-0.1, -0.05) is 11.6 Å². The summed E-state index contributed by atoms with van der Waals surface area (Å²) in [7, 11) is 0. The number of nitriles is 1. The molecule has 0 aliphatic carbocycles. The molecule has 3 nitrogen and oxygen atoms in total. The lowest BCUT2D eigenvalue weighted by molar-refractivity contribution is 0.747. The van der Waals surface area contributed by atoms with E-state index in [4.69, 9.17) is 16.9 Å². The smallest absolute Gasteiger partial charge is 0.138 e. The Morgan fingerprint density at radius 1 is 1.53 bits per heavy atom. The molecule has 2 aromatic rings. The maximum atomic E-state index is 9.11. The van der Waals surface area contributed by atoms with Crippen molar-refractivity contribution in [3.05, 3.63) is 35.1 Å². The molecule has 0 radical (unpaired) electrons. The fourth-order valence-corrected chi connectivity index (χ4v) is 3.31. The van der Waals surface area contributed by atoms with Gasteiger partial charge >= 0.3 is 0 Å². The Hall–Kier alpha value is -1.44. The van der Waals surface area contributed by atoms with Crippen LogP contribution in [0, 0.1) is 11.3 Å². The van der Waals surface area contributed by atoms with Crippen molar-refractivity contribution in [2.75, 3.05) is 5.75 Å². The van der Waals surface area contributed by atoms with Crippen LogP contribution in [-0.4, -0.2) is 15.3 Å². The predicted molar refractivity (Wildman–Crippen MR) is 68.1 cm³/mol. The van der Waals surface area contributed by atoms with Gasteiger partial charge in [0.05, 0.1) is 16.3 Å². The number of halogens is 1. The van der Waals surface area contributed by atoms with E-state index in [2.05, 4.69) is 15.6 Å². The normalized spacial score (nSPS) is 13.4. The Morgan fingerprint density at radius 2 is 2.41 bits per heavy atom. The molecule has 0 spiro atoms. The first-order valence-electron chi connectivity index (χ1n) is 5.18. The van der Waals surface area contributed by atoms with Gasteiger partial charge in [0, 0.05) is 24.1 Å². The molecule has 0 saturated carbocycles. The Labute approximate surface area is 108 Å². The zero-order chi connectivity index (χ0) is 11.8. The highest BCUT2D eigenvalue weighted by atomic mass is 35.5. The van der Waals surface area contributed by atoms with E-state index in [1.807, 2.05) is 18.2 Å². The van der Waals surface area contributed by atoms with Gasteiger partial charge in [0.2, 0.25) is 0 Å². The molecule has 0 unspecified atom stereocenters. The van der Waals surface area contributed by atoms with E-state index in [0.717, 1.165) is 34.1 Å². The lowest BCUT2D eigenvalue weighted by atomic mass is 10.2. The number of hydrogen-bond donors (Lipinski definition) is 0. The highest BCUT2D eigenvalue weighted by Gasteiger charge is 2.22. The topological polar surface area (TPSA) is 41.6 Å². The maximum Gasteiger partial charge on any atom is 0.138 e. The summed E-state index contributed by atoms with van der Waals surface area (Å²) < 4.78 is 2.14. The quantitative estimate of drug-likeness (QED) is 0.741. The minimum absolute atomic E-state index is 0.481. The minimum atomic E-state index is 0.481. The average Bonchev–Trinajstić information content (AvgIpc) is 2.91. The molecular formula is C12H8ClN3S. The Morgan fingerprint density at radius 3 is 3.18 bits per heavy atom. The Balaban J connectivity index is 2.24. The average molecular weight is 262 g/mol. The van der Waals surface area contributed by atoms with Gasteiger partial charge in [0.15, 0.2) is 0 Å². The fraction of sp³-hybridized carbons (Fsp3) is 0.167. The molecule has 5 heteroatoms. The third kappa shape index (κ3) is 1.63. The van der Waals surface area contributed by atoms with Crippen molar-refractivity contribution >= 4 is 23.4 Å². The maximum absolute atomic E-state index is 9.11. The molecule has 0 bridgehead atoms. The van der Waals surface area contributed by atoms with Crippen molar-refractivity contribution in [1.29, 1.82) is 5.26 Å². The molecule has 0 amide bonds. The molecule has 84 valence electrons. The summed E-state index contributed by atoms with van der Waals surface area (Å²) in [6.07, 6.45) is 1.67. The zero-order valence-electron chi connectivity index (χ0n) is 8.85. The van der Waals surface area contributed by atoms with Crippen LogP contribution in [0.2, 0.25) is 5.15 Å². The third-order valence-electron chi connectivity index (χ3n) is 2.76. The number of fused-ring (bicyclic) bond motifs is 1. The van der Waals surface area contributed by atoms with Crippen LogP contribution in [0.4, 0.5) is 0 Å². The molecule has 1 aliphatic rings. The summed E-state index contributed by atoms with van der Waals surface area (Å²) >= 11 is 7.82. The summed E-state index contributed by atoms with van der Waals surface area (Å²) in [5.74, 6) is 1.01. The van der Waals surface area contributed by atoms with Crippen LogP contribution in [0.15, 0.2) is 29.4 Å². The molecule has 0 N–H and O–H groups in total. The summed E-state index contributed by atoms with van der Waals surface area (Å²) in [4.78, 5) is 4.08. The van der Waals surface area contributed by atoms with Crippen LogP contribution in [0.3, 0.4) is 0 Å². The molecule has 2 aromatic heterocycles. The molecule has 0 atom stereocenters. The van der Waals surface area contributed by atoms with Crippen molar-refractivity contribution in [3.8, 4) is 17.3 Å². The van der Waals surface area contributed by atoms with Crippen LogP contribution in [-0.2, 0) is 6.54 Å². The van der Waals surface area contributed by atoms with Crippen LogP contribution in [0.1, 0.15) is 5.56 Å². The highest BCUT2D eigenvalue weighted by molar-refractivity contribution is 7.99. The Kier molecular flexibility index (Phi) is 2.58. The van der Waals surface area contributed by atoms with Crippen LogP contribution >= 0.6 is 23.4 Å². The van der Waals surface area contributed by atoms with E-state index in [1.54, 1.807) is 18.0 Å². The standard InChI is InChI=1S/C12H8ClN3S/c13-11-9(2-1-3-15-11)10-6-8(7-14)12-16(10)4-5-17-12/h1-3,6H,4-5H2. The zero-order valence-corrected chi connectivity index (χ0v) is 10.4. The van der Waals surface area contributed by atoms with E-state index < -0.39 is 0 Å². The largest absolute Gasteiger partial charge is 0.334 e. The fourth-order valence-electron chi connectivity index (χ4n) is 2.02. The second-order valence-corrected chi connectivity index (χ2v) is 5.14. The molecule has 0 saturated heterocycles. The second-order valence-electron chi connectivity index (χ2n) is 3.70. The van der Waals surface area contributed by atoms with Gasteiger partial charge in [-0.3, -0.25) is 0 Å². The van der Waals surface area contributed by atoms with Gasteiger partial charge in [-0.05, 0) is 18.2 Å². The van der Waals surface area contributed by atoms with Crippen molar-refractivity contribution < 1.29 is 0 Å². The summed E-state index contributed by atoms with van der Waals surface area (Å²) in [5, 5.41) is 10.6. The number of hydrogen-bond acceptors (Lipinski definition) is 3. The summed E-state index contributed by atoms with van der Waals surface area (Å²) in [6, 6.07) is 7.91. The Bertz CT molecular complexity index is 627. The first kappa shape index (κ1) is 10.7. The number of nitrogens with zero attached hydrogens (tertiary/aromatic N) is 3. The number of thioether (sulfide) groups is 1. The summed E-state index contributed by atoms with van der Waals surface area (Å²) in [5.41, 5.74) is 2.60. The second kappa shape index (κ2) is 4.10. The van der Waals surface area contributed by atoms with Gasteiger partial charge in [0.25, 0.3) is 0 Å². The van der Waals surface area contributed by atoms with E-state index >= 15 is 0 Å². The molecular weight excluding hydrogens is 254 g/mol. The number of aromatic nitrogens is 2. The number of rotatable bonds is 1. The minimum Gasteiger partial charge on any atom is -0.334 e. The van der Waals surface area contributed by atoms with Crippen LogP contribution in [0.5, 0.6) is 0 Å². The van der Waals surface area contributed by atoms with E-state index in [0.29, 0.717) is 5.15 Å². The van der Waals surface area contributed by atoms with E-state index in [1.165, 1.54) is 0 Å². The molecule has 0 fully saturated rings. The number of pyridine rings is 1. The van der Waals surface area contributed by atoms with Gasteiger partial charge in [0.1, 0.15) is 11.2 Å². The lowest BCUT2D eigenvalue weighted by Crippen LogP contribution is -1.96. The van der Waals surface area contributed by atoms with Crippen molar-refractivity contribution in [1.82, 2.24) is 9.55 Å². The van der Waals surface area contributed by atoms with E-state index in [-0.39, 0.29) is 0 Å². The monoisotopic (exact) mass is 261 g/mol. The molecule has 3 heterocycles. The van der Waals surface area contributed by atoms with Crippen molar-refractivity contribution in [2.45, 2.75) is 11.6 Å². The molecule has 3 rings (SSSR count). The lowest BCUT2D eigenvalue weighted by Gasteiger charge is -2.06. The molecule has 1 aliphatic heterocycles. The van der Waals surface area contributed by atoms with Crippen molar-refractivity contribution in [2.24, 2.45) is 0 Å². The SMILES string of the molecule is N#Cc1cc(-c2cccnc2Cl)n2c1SCC2. The van der Waals surface area contributed by atoms with Gasteiger partial charge < -0.3 is 4.57 Å². The predicted octanol–water partition coefficient (Wildman–Crippen LogP) is 3.18. The molecule has 17 heavy (non-hydrogen) atoms. The van der Waals surface area contributed by atoms with Crippen LogP contribution < -0.4 is 0 Å². The first-order chi connectivity index (χ1) is 8.31. The van der Waals surface area contributed by atoms with Crippen LogP contribution in [0.25, 0.3) is 11.3 Å². The highest BCUT2D eigenvalue weighted by Crippen LogP contribution is 2.38. The third-order valence-corrected chi connectivity index (χ3v) is 4.16.